The maximum atomic E-state index is 12.9. The van der Waals surface area contributed by atoms with Gasteiger partial charge in [0.05, 0.1) is 34.6 Å². The van der Waals surface area contributed by atoms with Gasteiger partial charge in [-0.25, -0.2) is 4.68 Å². The number of ether oxygens (including phenoxy) is 2. The van der Waals surface area contributed by atoms with E-state index in [9.17, 15) is 4.79 Å². The van der Waals surface area contributed by atoms with Gasteiger partial charge in [0.25, 0.3) is 5.91 Å². The Kier molecular flexibility index (Phi) is 6.98. The lowest BCUT2D eigenvalue weighted by atomic mass is 10.1. The van der Waals surface area contributed by atoms with Gasteiger partial charge >= 0.3 is 0 Å². The van der Waals surface area contributed by atoms with Crippen molar-refractivity contribution < 1.29 is 14.3 Å². The first kappa shape index (κ1) is 24.3. The highest BCUT2D eigenvalue weighted by molar-refractivity contribution is 8.18. The number of nitrogens with zero attached hydrogens (tertiary/aromatic N) is 4. The molecule has 2 atom stereocenters. The number of amides is 1. The van der Waals surface area contributed by atoms with Gasteiger partial charge < -0.3 is 14.4 Å². The van der Waals surface area contributed by atoms with E-state index in [0.717, 1.165) is 46.5 Å². The van der Waals surface area contributed by atoms with Gasteiger partial charge in [0.1, 0.15) is 5.75 Å². The molecule has 7 nitrogen and oxygen atoms in total. The minimum absolute atomic E-state index is 0.0959. The van der Waals surface area contributed by atoms with E-state index >= 15 is 0 Å². The van der Waals surface area contributed by atoms with E-state index in [4.69, 9.17) is 14.6 Å². The number of aromatic nitrogens is 2. The molecule has 2 aliphatic rings. The highest BCUT2D eigenvalue weighted by Crippen LogP contribution is 2.34. The number of morpholine rings is 1. The van der Waals surface area contributed by atoms with E-state index in [1.165, 1.54) is 11.8 Å². The van der Waals surface area contributed by atoms with E-state index in [0.29, 0.717) is 4.91 Å². The van der Waals surface area contributed by atoms with Gasteiger partial charge in [0.15, 0.2) is 5.17 Å². The van der Waals surface area contributed by atoms with Crippen molar-refractivity contribution in [2.75, 3.05) is 13.1 Å². The molecule has 1 amide bonds. The SMILES string of the molecule is CC(C)Oc1ccc(-c2nn(-c3ccccc3)cc2/C=C2\SC(N3C[C@@H](C)O[C@@H](C)C3)=NC2=O)cc1. The highest BCUT2D eigenvalue weighted by Gasteiger charge is 2.31. The van der Waals surface area contributed by atoms with Gasteiger partial charge in [-0.1, -0.05) is 18.2 Å². The third-order valence-electron chi connectivity index (χ3n) is 5.85. The summed E-state index contributed by atoms with van der Waals surface area (Å²) in [4.78, 5) is 20.0. The molecular weight excluding hydrogens is 472 g/mol. The van der Waals surface area contributed by atoms with Crippen LogP contribution < -0.4 is 4.74 Å². The molecule has 2 aromatic carbocycles. The number of hydrogen-bond donors (Lipinski definition) is 0. The van der Waals surface area contributed by atoms with Crippen molar-refractivity contribution in [2.24, 2.45) is 4.99 Å². The molecule has 1 fully saturated rings. The molecule has 3 heterocycles. The minimum Gasteiger partial charge on any atom is -0.491 e. The van der Waals surface area contributed by atoms with Gasteiger partial charge in [-0.15, -0.1) is 0 Å². The van der Waals surface area contributed by atoms with Crippen molar-refractivity contribution in [2.45, 2.75) is 46.0 Å². The van der Waals surface area contributed by atoms with Crippen molar-refractivity contribution in [3.8, 4) is 22.7 Å². The predicted molar refractivity (Wildman–Crippen MR) is 144 cm³/mol. The van der Waals surface area contributed by atoms with Crippen LogP contribution >= 0.6 is 11.8 Å². The monoisotopic (exact) mass is 502 g/mol. The van der Waals surface area contributed by atoms with Crippen LogP contribution in [0.5, 0.6) is 5.75 Å². The lowest BCUT2D eigenvalue weighted by molar-refractivity contribution is -0.113. The maximum absolute atomic E-state index is 12.9. The number of aliphatic imine (C=N–C) groups is 1. The van der Waals surface area contributed by atoms with Gasteiger partial charge in [-0.3, -0.25) is 4.79 Å². The van der Waals surface area contributed by atoms with Gasteiger partial charge in [0, 0.05) is 30.4 Å². The number of carbonyl (C=O) groups is 1. The Morgan fingerprint density at radius 2 is 1.75 bits per heavy atom. The number of hydrogen-bond acceptors (Lipinski definition) is 6. The zero-order valence-electron chi connectivity index (χ0n) is 20.9. The third kappa shape index (κ3) is 5.39. The first-order chi connectivity index (χ1) is 17.4. The Morgan fingerprint density at radius 3 is 2.42 bits per heavy atom. The average Bonchev–Trinajstić information content (AvgIpc) is 3.43. The summed E-state index contributed by atoms with van der Waals surface area (Å²) in [5.41, 5.74) is 3.53. The molecule has 2 aliphatic heterocycles. The molecule has 8 heteroatoms. The average molecular weight is 503 g/mol. The second-order valence-electron chi connectivity index (χ2n) is 9.38. The number of benzene rings is 2. The smallest absolute Gasteiger partial charge is 0.286 e. The predicted octanol–water partition coefficient (Wildman–Crippen LogP) is 5.41. The Hall–Kier alpha value is -3.36. The van der Waals surface area contributed by atoms with E-state index in [-0.39, 0.29) is 24.2 Å². The van der Waals surface area contributed by atoms with Crippen LogP contribution in [0.15, 0.2) is 70.7 Å². The molecule has 3 aromatic rings. The van der Waals surface area contributed by atoms with Crippen LogP contribution in [0.25, 0.3) is 23.0 Å². The van der Waals surface area contributed by atoms with Crippen LogP contribution in [0.3, 0.4) is 0 Å². The molecule has 0 saturated carbocycles. The van der Waals surface area contributed by atoms with Gasteiger partial charge in [0.2, 0.25) is 0 Å². The van der Waals surface area contributed by atoms with Crippen molar-refractivity contribution in [3.63, 3.8) is 0 Å². The van der Waals surface area contributed by atoms with Crippen LogP contribution in [-0.4, -0.2) is 57.2 Å². The fourth-order valence-electron chi connectivity index (χ4n) is 4.40. The molecule has 5 rings (SSSR count). The molecule has 186 valence electrons. The molecule has 36 heavy (non-hydrogen) atoms. The third-order valence-corrected chi connectivity index (χ3v) is 6.89. The summed E-state index contributed by atoms with van der Waals surface area (Å²) >= 11 is 1.42. The number of amidine groups is 1. The van der Waals surface area contributed by atoms with E-state index < -0.39 is 0 Å². The van der Waals surface area contributed by atoms with Gasteiger partial charge in [-0.2, -0.15) is 10.1 Å². The molecule has 0 spiro atoms. The van der Waals surface area contributed by atoms with Gasteiger partial charge in [-0.05, 0) is 81.9 Å². The zero-order valence-corrected chi connectivity index (χ0v) is 21.7. The molecule has 0 bridgehead atoms. The first-order valence-electron chi connectivity index (χ1n) is 12.2. The van der Waals surface area contributed by atoms with E-state index in [1.54, 1.807) is 0 Å². The highest BCUT2D eigenvalue weighted by atomic mass is 32.2. The normalized spacial score (nSPS) is 21.4. The molecule has 1 saturated heterocycles. The van der Waals surface area contributed by atoms with Crippen LogP contribution in [0.4, 0.5) is 0 Å². The lowest BCUT2D eigenvalue weighted by Gasteiger charge is -2.35. The minimum atomic E-state index is -0.221. The second-order valence-corrected chi connectivity index (χ2v) is 10.4. The Bertz CT molecular complexity index is 1290. The number of para-hydroxylation sites is 1. The second kappa shape index (κ2) is 10.3. The van der Waals surface area contributed by atoms with Crippen molar-refractivity contribution in [3.05, 3.63) is 71.3 Å². The Labute approximate surface area is 215 Å². The number of carbonyl (C=O) groups excluding carboxylic acids is 1. The van der Waals surface area contributed by atoms with Crippen molar-refractivity contribution in [1.82, 2.24) is 14.7 Å². The summed E-state index contributed by atoms with van der Waals surface area (Å²) < 4.78 is 13.5. The Morgan fingerprint density at radius 1 is 1.06 bits per heavy atom. The number of rotatable bonds is 5. The van der Waals surface area contributed by atoms with Crippen LogP contribution in [0.2, 0.25) is 0 Å². The summed E-state index contributed by atoms with van der Waals surface area (Å²) in [6, 6.07) is 17.8. The molecule has 1 aromatic heterocycles. The number of thioether (sulfide) groups is 1. The first-order valence-corrected chi connectivity index (χ1v) is 13.0. The van der Waals surface area contributed by atoms with E-state index in [2.05, 4.69) is 9.89 Å². The standard InChI is InChI=1S/C28H30N4O3S/c1-18(2)34-24-12-10-21(11-13-24)26-22(17-32(30-26)23-8-6-5-7-9-23)14-25-27(33)29-28(36-25)31-15-19(3)35-20(4)16-31/h5-14,17-20H,15-16H2,1-4H3/b25-14-/t19-,20+. The van der Waals surface area contributed by atoms with Crippen LogP contribution in [0, 0.1) is 0 Å². The van der Waals surface area contributed by atoms with Crippen LogP contribution in [-0.2, 0) is 9.53 Å². The summed E-state index contributed by atoms with van der Waals surface area (Å²) in [7, 11) is 0. The fraction of sp³-hybridized carbons (Fsp3) is 0.321. The molecule has 0 N–H and O–H groups in total. The molecule has 0 radical (unpaired) electrons. The van der Waals surface area contributed by atoms with E-state index in [1.807, 2.05) is 99.2 Å². The fourth-order valence-corrected chi connectivity index (χ4v) is 5.32. The summed E-state index contributed by atoms with van der Waals surface area (Å²) in [5.74, 6) is 0.588. The van der Waals surface area contributed by atoms with Crippen molar-refractivity contribution in [1.29, 1.82) is 0 Å². The quantitative estimate of drug-likeness (QED) is 0.435. The van der Waals surface area contributed by atoms with Crippen molar-refractivity contribution >= 4 is 28.9 Å². The summed E-state index contributed by atoms with van der Waals surface area (Å²) in [5, 5.41) is 5.62. The van der Waals surface area contributed by atoms with Crippen LogP contribution in [0.1, 0.15) is 33.3 Å². The maximum Gasteiger partial charge on any atom is 0.286 e. The topological polar surface area (TPSA) is 68.9 Å². The molecule has 0 aliphatic carbocycles. The zero-order chi connectivity index (χ0) is 25.2. The molecule has 0 unspecified atom stereocenters. The lowest BCUT2D eigenvalue weighted by Crippen LogP contribution is -2.47. The Balaban J connectivity index is 1.47. The molecular formula is C28H30N4O3S. The summed E-state index contributed by atoms with van der Waals surface area (Å²) in [6.45, 7) is 9.54. The summed E-state index contributed by atoms with van der Waals surface area (Å²) in [6.07, 6.45) is 4.15. The largest absolute Gasteiger partial charge is 0.491 e.